The molecule has 28 heavy (non-hydrogen) atoms. The Labute approximate surface area is 168 Å². The highest BCUT2D eigenvalue weighted by Crippen LogP contribution is 2.33. The van der Waals surface area contributed by atoms with Crippen molar-refractivity contribution in [3.8, 4) is 22.3 Å². The average molecular weight is 363 g/mol. The Hall–Kier alpha value is -3.12. The van der Waals surface area contributed by atoms with E-state index in [1.807, 2.05) is 0 Å². The lowest BCUT2D eigenvalue weighted by Gasteiger charge is -2.18. The number of hydrogen-bond donors (Lipinski definition) is 0. The lowest BCUT2D eigenvalue weighted by atomic mass is 9.87. The zero-order chi connectivity index (χ0) is 19.5. The van der Waals surface area contributed by atoms with Gasteiger partial charge in [-0.05, 0) is 58.4 Å². The van der Waals surface area contributed by atoms with Gasteiger partial charge in [0.15, 0.2) is 0 Å². The quantitative estimate of drug-likeness (QED) is 0.347. The summed E-state index contributed by atoms with van der Waals surface area (Å²) in [6.07, 6.45) is 0. The SMILES string of the molecule is Cc1ccc(C(C)c2ccc(C)c(-c3ccccc3)c2)cc1-c1ccccc1. The highest BCUT2D eigenvalue weighted by Gasteiger charge is 2.13. The molecule has 0 aliphatic heterocycles. The predicted octanol–water partition coefficient (Wildman–Crippen LogP) is 7.79. The van der Waals surface area contributed by atoms with Crippen molar-refractivity contribution in [2.24, 2.45) is 0 Å². The van der Waals surface area contributed by atoms with Crippen molar-refractivity contribution in [3.63, 3.8) is 0 Å². The maximum Gasteiger partial charge on any atom is 0.00614 e. The molecule has 0 fully saturated rings. The molecule has 4 rings (SSSR count). The van der Waals surface area contributed by atoms with Crippen molar-refractivity contribution in [1.29, 1.82) is 0 Å². The Morgan fingerprint density at radius 2 is 0.893 bits per heavy atom. The van der Waals surface area contributed by atoms with Gasteiger partial charge in [-0.25, -0.2) is 0 Å². The van der Waals surface area contributed by atoms with E-state index in [0.717, 1.165) is 0 Å². The van der Waals surface area contributed by atoms with Crippen LogP contribution in [0.2, 0.25) is 0 Å². The second-order valence-electron chi connectivity index (χ2n) is 7.60. The zero-order valence-electron chi connectivity index (χ0n) is 16.8. The molecule has 4 aromatic carbocycles. The van der Waals surface area contributed by atoms with Crippen molar-refractivity contribution in [1.82, 2.24) is 0 Å². The molecule has 138 valence electrons. The van der Waals surface area contributed by atoms with Gasteiger partial charge >= 0.3 is 0 Å². The maximum atomic E-state index is 2.36. The van der Waals surface area contributed by atoms with Crippen LogP contribution in [0.25, 0.3) is 22.3 Å². The Morgan fingerprint density at radius 3 is 1.29 bits per heavy atom. The fraction of sp³-hybridized carbons (Fsp3) is 0.143. The molecule has 0 saturated heterocycles. The van der Waals surface area contributed by atoms with Crippen LogP contribution in [0, 0.1) is 13.8 Å². The predicted molar refractivity (Wildman–Crippen MR) is 121 cm³/mol. The minimum absolute atomic E-state index is 0.339. The summed E-state index contributed by atoms with van der Waals surface area (Å²) in [5.41, 5.74) is 10.5. The molecular formula is C28H26. The minimum atomic E-state index is 0.339. The minimum Gasteiger partial charge on any atom is -0.0622 e. The first-order valence-electron chi connectivity index (χ1n) is 9.95. The highest BCUT2D eigenvalue weighted by molar-refractivity contribution is 5.70. The molecule has 0 amide bonds. The summed E-state index contributed by atoms with van der Waals surface area (Å²) in [5, 5.41) is 0. The Morgan fingerprint density at radius 1 is 0.500 bits per heavy atom. The molecule has 0 N–H and O–H groups in total. The van der Waals surface area contributed by atoms with Crippen LogP contribution in [0.15, 0.2) is 97.1 Å². The molecule has 0 unspecified atom stereocenters. The summed E-state index contributed by atoms with van der Waals surface area (Å²) in [7, 11) is 0. The van der Waals surface area contributed by atoms with Crippen LogP contribution in [-0.4, -0.2) is 0 Å². The smallest absolute Gasteiger partial charge is 0.00614 e. The third-order valence-electron chi connectivity index (χ3n) is 5.69. The molecule has 4 aromatic rings. The largest absolute Gasteiger partial charge is 0.0622 e. The molecule has 0 atom stereocenters. The van der Waals surface area contributed by atoms with E-state index in [0.29, 0.717) is 5.92 Å². The van der Waals surface area contributed by atoms with Gasteiger partial charge in [-0.15, -0.1) is 0 Å². The van der Waals surface area contributed by atoms with E-state index in [9.17, 15) is 0 Å². The van der Waals surface area contributed by atoms with E-state index >= 15 is 0 Å². The zero-order valence-corrected chi connectivity index (χ0v) is 16.8. The molecule has 0 heteroatoms. The van der Waals surface area contributed by atoms with Gasteiger partial charge in [0.2, 0.25) is 0 Å². The van der Waals surface area contributed by atoms with Gasteiger partial charge in [0.1, 0.15) is 0 Å². The van der Waals surface area contributed by atoms with Crippen LogP contribution in [0.4, 0.5) is 0 Å². The van der Waals surface area contributed by atoms with Gasteiger partial charge in [-0.3, -0.25) is 0 Å². The van der Waals surface area contributed by atoms with E-state index in [1.165, 1.54) is 44.5 Å². The third-order valence-corrected chi connectivity index (χ3v) is 5.69. The van der Waals surface area contributed by atoms with Gasteiger partial charge in [-0.1, -0.05) is 104 Å². The number of aryl methyl sites for hydroxylation is 2. The van der Waals surface area contributed by atoms with Crippen LogP contribution >= 0.6 is 0 Å². The van der Waals surface area contributed by atoms with Crippen LogP contribution in [0.1, 0.15) is 35.1 Å². The summed E-state index contributed by atoms with van der Waals surface area (Å²) in [6.45, 7) is 6.69. The van der Waals surface area contributed by atoms with Gasteiger partial charge in [-0.2, -0.15) is 0 Å². The summed E-state index contributed by atoms with van der Waals surface area (Å²) in [5.74, 6) is 0.339. The number of rotatable bonds is 4. The van der Waals surface area contributed by atoms with Crippen LogP contribution in [-0.2, 0) is 0 Å². The molecule has 0 saturated carbocycles. The van der Waals surface area contributed by atoms with Crippen molar-refractivity contribution >= 4 is 0 Å². The van der Waals surface area contributed by atoms with Gasteiger partial charge in [0.25, 0.3) is 0 Å². The second kappa shape index (κ2) is 7.86. The van der Waals surface area contributed by atoms with Crippen LogP contribution in [0.3, 0.4) is 0 Å². The van der Waals surface area contributed by atoms with E-state index in [-0.39, 0.29) is 0 Å². The van der Waals surface area contributed by atoms with E-state index < -0.39 is 0 Å². The standard InChI is InChI=1S/C28H26/c1-20-14-16-25(18-27(20)23-10-6-4-7-11-23)22(3)26-17-15-21(2)28(19-26)24-12-8-5-9-13-24/h4-19,22H,1-3H3. The molecule has 0 radical (unpaired) electrons. The fourth-order valence-electron chi connectivity index (χ4n) is 3.87. The van der Waals surface area contributed by atoms with Crippen LogP contribution < -0.4 is 0 Å². The normalized spacial score (nSPS) is 11.0. The topological polar surface area (TPSA) is 0 Å². The first-order valence-corrected chi connectivity index (χ1v) is 9.95. The molecule has 0 aliphatic carbocycles. The van der Waals surface area contributed by atoms with Crippen LogP contribution in [0.5, 0.6) is 0 Å². The van der Waals surface area contributed by atoms with Gasteiger partial charge < -0.3 is 0 Å². The second-order valence-corrected chi connectivity index (χ2v) is 7.60. The van der Waals surface area contributed by atoms with E-state index in [1.54, 1.807) is 0 Å². The molecule has 0 aliphatic rings. The summed E-state index contributed by atoms with van der Waals surface area (Å²) in [4.78, 5) is 0. The van der Waals surface area contributed by atoms with Gasteiger partial charge in [0, 0.05) is 5.92 Å². The van der Waals surface area contributed by atoms with E-state index in [4.69, 9.17) is 0 Å². The van der Waals surface area contributed by atoms with Gasteiger partial charge in [0.05, 0.1) is 0 Å². The molecular weight excluding hydrogens is 336 g/mol. The first-order chi connectivity index (χ1) is 13.6. The Kier molecular flexibility index (Phi) is 5.12. The third kappa shape index (κ3) is 3.64. The Balaban J connectivity index is 1.74. The average Bonchev–Trinajstić information content (AvgIpc) is 2.75. The highest BCUT2D eigenvalue weighted by atomic mass is 14.2. The lowest BCUT2D eigenvalue weighted by molar-refractivity contribution is 0.921. The Bertz CT molecular complexity index is 987. The molecule has 0 nitrogen and oxygen atoms in total. The van der Waals surface area contributed by atoms with Crippen molar-refractivity contribution < 1.29 is 0 Å². The van der Waals surface area contributed by atoms with Crippen molar-refractivity contribution in [2.45, 2.75) is 26.7 Å². The number of hydrogen-bond acceptors (Lipinski definition) is 0. The summed E-state index contributed by atoms with van der Waals surface area (Å²) >= 11 is 0. The summed E-state index contributed by atoms with van der Waals surface area (Å²) < 4.78 is 0. The van der Waals surface area contributed by atoms with E-state index in [2.05, 4.69) is 118 Å². The molecule has 0 heterocycles. The van der Waals surface area contributed by atoms with Crippen molar-refractivity contribution in [3.05, 3.63) is 119 Å². The first kappa shape index (κ1) is 18.3. The summed E-state index contributed by atoms with van der Waals surface area (Å²) in [6, 6.07) is 35.1. The lowest BCUT2D eigenvalue weighted by Crippen LogP contribution is -1.99. The molecule has 0 spiro atoms. The number of benzene rings is 4. The fourth-order valence-corrected chi connectivity index (χ4v) is 3.87. The maximum absolute atomic E-state index is 2.36. The monoisotopic (exact) mass is 362 g/mol. The molecule has 0 bridgehead atoms. The molecule has 0 aromatic heterocycles. The van der Waals surface area contributed by atoms with Crippen molar-refractivity contribution in [2.75, 3.05) is 0 Å².